The third kappa shape index (κ3) is 3.29. The van der Waals surface area contributed by atoms with Gasteiger partial charge in [-0.05, 0) is 18.2 Å². The number of halogens is 2. The van der Waals surface area contributed by atoms with Crippen molar-refractivity contribution < 1.29 is 4.79 Å². The van der Waals surface area contributed by atoms with Gasteiger partial charge in [0.25, 0.3) is 5.56 Å². The first-order chi connectivity index (χ1) is 11.6. The van der Waals surface area contributed by atoms with Crippen molar-refractivity contribution >= 4 is 46.2 Å². The van der Waals surface area contributed by atoms with Crippen LogP contribution in [0, 0.1) is 0 Å². The SMILES string of the molecule is O=C(N/N=C/c1cccc(Cl)c1Cl)c1nc2ccccc2c(=O)[nH]1. The number of aromatic nitrogens is 2. The van der Waals surface area contributed by atoms with E-state index < -0.39 is 11.5 Å². The number of nitrogens with zero attached hydrogens (tertiary/aromatic N) is 2. The van der Waals surface area contributed by atoms with E-state index in [0.717, 1.165) is 0 Å². The molecule has 0 unspecified atom stereocenters. The van der Waals surface area contributed by atoms with E-state index in [1.165, 1.54) is 6.21 Å². The number of amides is 1. The second-order valence-corrected chi connectivity index (χ2v) is 5.56. The summed E-state index contributed by atoms with van der Waals surface area (Å²) in [5.74, 6) is -0.778. The average molecular weight is 361 g/mol. The van der Waals surface area contributed by atoms with Gasteiger partial charge in [-0.25, -0.2) is 10.4 Å². The van der Waals surface area contributed by atoms with E-state index in [4.69, 9.17) is 23.2 Å². The predicted molar refractivity (Wildman–Crippen MR) is 93.9 cm³/mol. The lowest BCUT2D eigenvalue weighted by Gasteiger charge is -2.02. The standard InChI is InChI=1S/C16H10Cl2N4O2/c17-11-6-3-4-9(13(11)18)8-19-22-16(24)14-20-12-7-2-1-5-10(12)15(23)21-14/h1-8H,(H,22,24)(H,20,21,23)/b19-8+. The summed E-state index contributed by atoms with van der Waals surface area (Å²) in [4.78, 5) is 30.5. The van der Waals surface area contributed by atoms with E-state index in [1.807, 2.05) is 0 Å². The molecule has 0 aliphatic carbocycles. The minimum absolute atomic E-state index is 0.131. The van der Waals surface area contributed by atoms with Crippen LogP contribution < -0.4 is 11.0 Å². The van der Waals surface area contributed by atoms with Crippen molar-refractivity contribution in [2.75, 3.05) is 0 Å². The fraction of sp³-hybridized carbons (Fsp3) is 0. The van der Waals surface area contributed by atoms with Crippen LogP contribution in [0.2, 0.25) is 10.0 Å². The van der Waals surface area contributed by atoms with Crippen molar-refractivity contribution in [2.45, 2.75) is 0 Å². The summed E-state index contributed by atoms with van der Waals surface area (Å²) in [6, 6.07) is 11.8. The quantitative estimate of drug-likeness (QED) is 0.555. The van der Waals surface area contributed by atoms with Crippen LogP contribution in [0.3, 0.4) is 0 Å². The predicted octanol–water partition coefficient (Wildman–Crippen LogP) is 2.99. The van der Waals surface area contributed by atoms with E-state index in [2.05, 4.69) is 20.5 Å². The van der Waals surface area contributed by atoms with Gasteiger partial charge in [0.05, 0.1) is 27.2 Å². The molecule has 1 amide bonds. The maximum Gasteiger partial charge on any atom is 0.307 e. The third-order valence-corrected chi connectivity index (χ3v) is 4.01. The second-order valence-electron chi connectivity index (χ2n) is 4.77. The number of rotatable bonds is 3. The molecule has 0 saturated carbocycles. The normalized spacial score (nSPS) is 11.1. The Bertz CT molecular complexity index is 1010. The molecule has 0 aliphatic heterocycles. The molecular formula is C16H10Cl2N4O2. The van der Waals surface area contributed by atoms with Crippen molar-refractivity contribution in [3.63, 3.8) is 0 Å². The van der Waals surface area contributed by atoms with Gasteiger partial charge in [-0.3, -0.25) is 9.59 Å². The van der Waals surface area contributed by atoms with E-state index >= 15 is 0 Å². The van der Waals surface area contributed by atoms with Crippen LogP contribution in [0.5, 0.6) is 0 Å². The average Bonchev–Trinajstić information content (AvgIpc) is 2.58. The number of carbonyl (C=O) groups is 1. The lowest BCUT2D eigenvalue weighted by atomic mass is 10.2. The van der Waals surface area contributed by atoms with Gasteiger partial charge in [0, 0.05) is 5.56 Å². The Morgan fingerprint density at radius 1 is 1.17 bits per heavy atom. The molecular weight excluding hydrogens is 351 g/mol. The molecule has 120 valence electrons. The van der Waals surface area contributed by atoms with Crippen LogP contribution in [0.1, 0.15) is 16.2 Å². The highest BCUT2D eigenvalue weighted by atomic mass is 35.5. The summed E-state index contributed by atoms with van der Waals surface area (Å²) in [5, 5.41) is 4.92. The van der Waals surface area contributed by atoms with Gasteiger partial charge in [-0.15, -0.1) is 0 Å². The highest BCUT2D eigenvalue weighted by Crippen LogP contribution is 2.24. The molecule has 3 rings (SSSR count). The Kier molecular flexibility index (Phi) is 4.59. The molecule has 3 aromatic rings. The molecule has 1 heterocycles. The maximum absolute atomic E-state index is 12.1. The molecule has 0 saturated heterocycles. The molecule has 1 aromatic heterocycles. The number of hydrazone groups is 1. The van der Waals surface area contributed by atoms with Gasteiger partial charge in [-0.1, -0.05) is 47.5 Å². The highest BCUT2D eigenvalue weighted by molar-refractivity contribution is 6.43. The smallest absolute Gasteiger partial charge is 0.302 e. The monoisotopic (exact) mass is 360 g/mol. The Labute approximate surface area is 146 Å². The number of para-hydroxylation sites is 1. The van der Waals surface area contributed by atoms with Gasteiger partial charge in [-0.2, -0.15) is 5.10 Å². The number of hydrogen-bond acceptors (Lipinski definition) is 4. The number of hydrogen-bond donors (Lipinski definition) is 2. The molecule has 0 aliphatic rings. The summed E-state index contributed by atoms with van der Waals surface area (Å²) in [6.07, 6.45) is 1.35. The maximum atomic E-state index is 12.1. The topological polar surface area (TPSA) is 87.2 Å². The number of carbonyl (C=O) groups excluding carboxylic acids is 1. The lowest BCUT2D eigenvalue weighted by Crippen LogP contribution is -2.24. The first-order valence-electron chi connectivity index (χ1n) is 6.83. The van der Waals surface area contributed by atoms with Crippen LogP contribution >= 0.6 is 23.2 Å². The van der Waals surface area contributed by atoms with E-state index in [0.29, 0.717) is 26.5 Å². The first kappa shape index (κ1) is 16.2. The highest BCUT2D eigenvalue weighted by Gasteiger charge is 2.10. The minimum atomic E-state index is -0.646. The molecule has 2 aromatic carbocycles. The Morgan fingerprint density at radius 3 is 2.79 bits per heavy atom. The molecule has 8 heteroatoms. The minimum Gasteiger partial charge on any atom is -0.302 e. The van der Waals surface area contributed by atoms with E-state index in [9.17, 15) is 9.59 Å². The zero-order chi connectivity index (χ0) is 17.1. The van der Waals surface area contributed by atoms with Crippen LogP contribution in [-0.4, -0.2) is 22.1 Å². The van der Waals surface area contributed by atoms with E-state index in [-0.39, 0.29) is 5.82 Å². The molecule has 2 N–H and O–H groups in total. The van der Waals surface area contributed by atoms with Crippen molar-refractivity contribution in [1.82, 2.24) is 15.4 Å². The number of H-pyrrole nitrogens is 1. The van der Waals surface area contributed by atoms with Crippen LogP contribution in [0.15, 0.2) is 52.4 Å². The van der Waals surface area contributed by atoms with Gasteiger partial charge in [0.1, 0.15) is 0 Å². The fourth-order valence-corrected chi connectivity index (χ4v) is 2.38. The second kappa shape index (κ2) is 6.82. The molecule has 0 bridgehead atoms. The summed E-state index contributed by atoms with van der Waals surface area (Å²) < 4.78 is 0. The summed E-state index contributed by atoms with van der Waals surface area (Å²) in [7, 11) is 0. The molecule has 0 fully saturated rings. The molecule has 0 radical (unpaired) electrons. The number of fused-ring (bicyclic) bond motifs is 1. The molecule has 24 heavy (non-hydrogen) atoms. The van der Waals surface area contributed by atoms with Gasteiger partial charge >= 0.3 is 5.91 Å². The van der Waals surface area contributed by atoms with Crippen LogP contribution in [-0.2, 0) is 0 Å². The lowest BCUT2D eigenvalue weighted by molar-refractivity contribution is 0.0945. The fourth-order valence-electron chi connectivity index (χ4n) is 2.03. The van der Waals surface area contributed by atoms with Crippen molar-refractivity contribution in [3.05, 3.63) is 74.3 Å². The zero-order valence-corrected chi connectivity index (χ0v) is 13.6. The van der Waals surface area contributed by atoms with E-state index in [1.54, 1.807) is 42.5 Å². The largest absolute Gasteiger partial charge is 0.307 e. The number of benzene rings is 2. The van der Waals surface area contributed by atoms with Crippen molar-refractivity contribution in [3.8, 4) is 0 Å². The van der Waals surface area contributed by atoms with Crippen LogP contribution in [0.25, 0.3) is 10.9 Å². The Hall–Kier alpha value is -2.70. The van der Waals surface area contributed by atoms with Gasteiger partial charge < -0.3 is 4.98 Å². The van der Waals surface area contributed by atoms with Crippen molar-refractivity contribution in [1.29, 1.82) is 0 Å². The number of aromatic amines is 1. The summed E-state index contributed by atoms with van der Waals surface area (Å²) in [6.45, 7) is 0. The summed E-state index contributed by atoms with van der Waals surface area (Å²) in [5.41, 5.74) is 2.86. The van der Waals surface area contributed by atoms with Gasteiger partial charge in [0.2, 0.25) is 5.82 Å². The molecule has 0 atom stereocenters. The number of nitrogens with one attached hydrogen (secondary N) is 2. The van der Waals surface area contributed by atoms with Crippen LogP contribution in [0.4, 0.5) is 0 Å². The van der Waals surface area contributed by atoms with Crippen molar-refractivity contribution in [2.24, 2.45) is 5.10 Å². The third-order valence-electron chi connectivity index (χ3n) is 3.18. The first-order valence-corrected chi connectivity index (χ1v) is 7.58. The Morgan fingerprint density at radius 2 is 1.96 bits per heavy atom. The summed E-state index contributed by atoms with van der Waals surface area (Å²) >= 11 is 11.9. The molecule has 6 nitrogen and oxygen atoms in total. The molecule has 0 spiro atoms. The van der Waals surface area contributed by atoms with Gasteiger partial charge in [0.15, 0.2) is 0 Å². The zero-order valence-electron chi connectivity index (χ0n) is 12.1. The Balaban J connectivity index is 1.81.